The standard InChI is InChI=1S/C9H19N3/c1-4-10-9(2)12-7-5-11(3)6-8-12/h10H,2,4-8H2,1,3H3. The molecule has 3 nitrogen and oxygen atoms in total. The van der Waals surface area contributed by atoms with Crippen LogP contribution in [-0.4, -0.2) is 49.6 Å². The molecule has 0 aliphatic carbocycles. The third-order valence-electron chi connectivity index (χ3n) is 2.27. The Morgan fingerprint density at radius 1 is 1.33 bits per heavy atom. The molecule has 0 aromatic rings. The van der Waals surface area contributed by atoms with Gasteiger partial charge in [-0.1, -0.05) is 6.58 Å². The number of nitrogens with one attached hydrogen (secondary N) is 1. The first-order valence-corrected chi connectivity index (χ1v) is 4.60. The largest absolute Gasteiger partial charge is 0.373 e. The Balaban J connectivity index is 2.29. The second-order valence-corrected chi connectivity index (χ2v) is 3.27. The molecule has 0 radical (unpaired) electrons. The van der Waals surface area contributed by atoms with Crippen molar-refractivity contribution in [3.05, 3.63) is 12.4 Å². The van der Waals surface area contributed by atoms with Crippen molar-refractivity contribution in [1.82, 2.24) is 15.1 Å². The van der Waals surface area contributed by atoms with Crippen LogP contribution in [0.25, 0.3) is 0 Å². The fourth-order valence-corrected chi connectivity index (χ4v) is 1.39. The highest BCUT2D eigenvalue weighted by atomic mass is 15.3. The molecule has 0 saturated carbocycles. The SMILES string of the molecule is C=C(NCC)N1CCN(C)CC1. The van der Waals surface area contributed by atoms with E-state index >= 15 is 0 Å². The fraction of sp³-hybridized carbons (Fsp3) is 0.778. The molecule has 0 atom stereocenters. The molecule has 0 aromatic carbocycles. The van der Waals surface area contributed by atoms with Gasteiger partial charge in [-0.3, -0.25) is 0 Å². The smallest absolute Gasteiger partial charge is 0.0939 e. The zero-order valence-corrected chi connectivity index (χ0v) is 8.14. The first-order valence-electron chi connectivity index (χ1n) is 4.60. The number of nitrogens with zero attached hydrogens (tertiary/aromatic N) is 2. The van der Waals surface area contributed by atoms with Crippen LogP contribution in [0.15, 0.2) is 12.4 Å². The van der Waals surface area contributed by atoms with Gasteiger partial charge < -0.3 is 15.1 Å². The normalized spacial score (nSPS) is 19.3. The van der Waals surface area contributed by atoms with Crippen molar-refractivity contribution in [2.24, 2.45) is 0 Å². The van der Waals surface area contributed by atoms with Crippen LogP contribution in [0.1, 0.15) is 6.92 Å². The van der Waals surface area contributed by atoms with Crippen LogP contribution >= 0.6 is 0 Å². The molecular formula is C9H19N3. The second-order valence-electron chi connectivity index (χ2n) is 3.27. The van der Waals surface area contributed by atoms with Gasteiger partial charge in [-0.25, -0.2) is 0 Å². The first kappa shape index (κ1) is 9.39. The summed E-state index contributed by atoms with van der Waals surface area (Å²) in [6, 6.07) is 0. The molecule has 0 aromatic heterocycles. The van der Waals surface area contributed by atoms with E-state index in [1.54, 1.807) is 0 Å². The summed E-state index contributed by atoms with van der Waals surface area (Å²) in [5.41, 5.74) is 0. The van der Waals surface area contributed by atoms with Gasteiger partial charge in [0.15, 0.2) is 0 Å². The molecule has 0 bridgehead atoms. The summed E-state index contributed by atoms with van der Waals surface area (Å²) in [4.78, 5) is 4.65. The van der Waals surface area contributed by atoms with Crippen LogP contribution < -0.4 is 5.32 Å². The van der Waals surface area contributed by atoms with Crippen LogP contribution in [0.2, 0.25) is 0 Å². The second kappa shape index (κ2) is 4.36. The molecule has 1 fully saturated rings. The number of rotatable bonds is 3. The maximum absolute atomic E-state index is 3.99. The molecule has 3 heteroatoms. The van der Waals surface area contributed by atoms with Gasteiger partial charge in [0.2, 0.25) is 0 Å². The van der Waals surface area contributed by atoms with Gasteiger partial charge in [0.1, 0.15) is 0 Å². The quantitative estimate of drug-likeness (QED) is 0.656. The average Bonchev–Trinajstić information content (AvgIpc) is 2.06. The Labute approximate surface area is 75.0 Å². The van der Waals surface area contributed by atoms with Crippen molar-refractivity contribution in [1.29, 1.82) is 0 Å². The minimum atomic E-state index is 0.963. The van der Waals surface area contributed by atoms with Crippen LogP contribution in [0, 0.1) is 0 Å². The number of piperazine rings is 1. The van der Waals surface area contributed by atoms with Crippen LogP contribution in [0.5, 0.6) is 0 Å². The lowest BCUT2D eigenvalue weighted by atomic mass is 10.3. The lowest BCUT2D eigenvalue weighted by Gasteiger charge is -2.35. The van der Waals surface area contributed by atoms with Crippen molar-refractivity contribution in [2.75, 3.05) is 39.8 Å². The summed E-state index contributed by atoms with van der Waals surface area (Å²) in [5.74, 6) is 1.07. The molecule has 1 N–H and O–H groups in total. The van der Waals surface area contributed by atoms with Crippen molar-refractivity contribution in [3.8, 4) is 0 Å². The van der Waals surface area contributed by atoms with Gasteiger partial charge in [-0.15, -0.1) is 0 Å². The van der Waals surface area contributed by atoms with Gasteiger partial charge in [0.25, 0.3) is 0 Å². The average molecular weight is 169 g/mol. The Morgan fingerprint density at radius 3 is 2.42 bits per heavy atom. The number of hydrogen-bond acceptors (Lipinski definition) is 3. The van der Waals surface area contributed by atoms with Gasteiger partial charge in [-0.05, 0) is 14.0 Å². The van der Waals surface area contributed by atoms with Crippen molar-refractivity contribution in [3.63, 3.8) is 0 Å². The van der Waals surface area contributed by atoms with Gasteiger partial charge in [0.05, 0.1) is 5.82 Å². The van der Waals surface area contributed by atoms with E-state index < -0.39 is 0 Å². The minimum Gasteiger partial charge on any atom is -0.373 e. The van der Waals surface area contributed by atoms with E-state index in [9.17, 15) is 0 Å². The lowest BCUT2D eigenvalue weighted by Crippen LogP contribution is -2.46. The highest BCUT2D eigenvalue weighted by molar-refractivity contribution is 4.92. The van der Waals surface area contributed by atoms with Crippen molar-refractivity contribution in [2.45, 2.75) is 6.92 Å². The topological polar surface area (TPSA) is 18.5 Å². The van der Waals surface area contributed by atoms with E-state index in [1.165, 1.54) is 0 Å². The van der Waals surface area contributed by atoms with Gasteiger partial charge >= 0.3 is 0 Å². The molecular weight excluding hydrogens is 150 g/mol. The maximum Gasteiger partial charge on any atom is 0.0939 e. The summed E-state index contributed by atoms with van der Waals surface area (Å²) in [5, 5.41) is 3.24. The molecule has 1 saturated heterocycles. The molecule has 0 unspecified atom stereocenters. The molecule has 1 aliphatic rings. The van der Waals surface area contributed by atoms with Crippen molar-refractivity contribution >= 4 is 0 Å². The Bertz CT molecular complexity index is 148. The third-order valence-corrected chi connectivity index (χ3v) is 2.27. The molecule has 70 valence electrons. The number of likely N-dealkylation sites (N-methyl/N-ethyl adjacent to an activating group) is 1. The Kier molecular flexibility index (Phi) is 3.41. The summed E-state index contributed by atoms with van der Waals surface area (Å²) in [6.07, 6.45) is 0. The van der Waals surface area contributed by atoms with Gasteiger partial charge in [0, 0.05) is 32.7 Å². The number of hydrogen-bond donors (Lipinski definition) is 1. The first-order chi connectivity index (χ1) is 5.74. The molecule has 0 spiro atoms. The summed E-state index contributed by atoms with van der Waals surface area (Å²) < 4.78 is 0. The van der Waals surface area contributed by atoms with Gasteiger partial charge in [-0.2, -0.15) is 0 Å². The van der Waals surface area contributed by atoms with Crippen LogP contribution in [0.4, 0.5) is 0 Å². The van der Waals surface area contributed by atoms with Crippen LogP contribution in [-0.2, 0) is 0 Å². The fourth-order valence-electron chi connectivity index (χ4n) is 1.39. The monoisotopic (exact) mass is 169 g/mol. The van der Waals surface area contributed by atoms with E-state index in [0.29, 0.717) is 0 Å². The predicted molar refractivity (Wildman–Crippen MR) is 51.9 cm³/mol. The predicted octanol–water partition coefficient (Wildman–Crippen LogP) is 0.315. The van der Waals surface area contributed by atoms with Crippen LogP contribution in [0.3, 0.4) is 0 Å². The summed E-state index contributed by atoms with van der Waals surface area (Å²) in [7, 11) is 2.16. The van der Waals surface area contributed by atoms with E-state index in [1.807, 2.05) is 0 Å². The Morgan fingerprint density at radius 2 is 1.92 bits per heavy atom. The minimum absolute atomic E-state index is 0.963. The molecule has 1 aliphatic heterocycles. The zero-order valence-electron chi connectivity index (χ0n) is 8.14. The molecule has 1 heterocycles. The van der Waals surface area contributed by atoms with E-state index in [2.05, 4.69) is 35.7 Å². The van der Waals surface area contributed by atoms with E-state index in [4.69, 9.17) is 0 Å². The summed E-state index contributed by atoms with van der Waals surface area (Å²) >= 11 is 0. The highest BCUT2D eigenvalue weighted by Crippen LogP contribution is 2.03. The Hall–Kier alpha value is -0.700. The third kappa shape index (κ3) is 2.41. The van der Waals surface area contributed by atoms with Crippen molar-refractivity contribution < 1.29 is 0 Å². The zero-order chi connectivity index (χ0) is 8.97. The summed E-state index contributed by atoms with van der Waals surface area (Å²) in [6.45, 7) is 11.5. The van der Waals surface area contributed by atoms with E-state index in [0.717, 1.165) is 38.5 Å². The lowest BCUT2D eigenvalue weighted by molar-refractivity contribution is 0.179. The molecule has 12 heavy (non-hydrogen) atoms. The highest BCUT2D eigenvalue weighted by Gasteiger charge is 2.13. The maximum atomic E-state index is 3.99. The molecule has 0 amide bonds. The van der Waals surface area contributed by atoms with E-state index in [-0.39, 0.29) is 0 Å². The molecule has 1 rings (SSSR count).